The molecule has 1 unspecified atom stereocenters. The minimum atomic E-state index is -0.231. The van der Waals surface area contributed by atoms with E-state index < -0.39 is 0 Å². The van der Waals surface area contributed by atoms with E-state index in [0.29, 0.717) is 0 Å². The fraction of sp³-hybridized carbons (Fsp3) is 0.167. The molecule has 30 heavy (non-hydrogen) atoms. The van der Waals surface area contributed by atoms with E-state index in [9.17, 15) is 4.79 Å². The predicted octanol–water partition coefficient (Wildman–Crippen LogP) is 4.58. The number of rotatable bonds is 7. The molecule has 5 nitrogen and oxygen atoms in total. The first-order valence-corrected chi connectivity index (χ1v) is 10.7. The van der Waals surface area contributed by atoms with E-state index in [-0.39, 0.29) is 17.7 Å². The summed E-state index contributed by atoms with van der Waals surface area (Å²) < 4.78 is 7.28. The Morgan fingerprint density at radius 3 is 2.37 bits per heavy atom. The number of benzene rings is 3. The topological polar surface area (TPSA) is 56.1 Å². The van der Waals surface area contributed by atoms with Gasteiger partial charge >= 0.3 is 0 Å². The molecule has 4 aromatic rings. The molecule has 0 bridgehead atoms. The van der Waals surface area contributed by atoms with Crippen molar-refractivity contribution in [1.82, 2.24) is 14.9 Å². The van der Waals surface area contributed by atoms with Gasteiger partial charge in [0.25, 0.3) is 0 Å². The van der Waals surface area contributed by atoms with Crippen molar-refractivity contribution in [3.63, 3.8) is 0 Å². The Morgan fingerprint density at radius 2 is 1.67 bits per heavy atom. The number of fused-ring (bicyclic) bond motifs is 1. The largest absolute Gasteiger partial charge is 0.497 e. The molecule has 0 aliphatic heterocycles. The fourth-order valence-corrected chi connectivity index (χ4v) is 4.18. The van der Waals surface area contributed by atoms with Gasteiger partial charge in [0.05, 0.1) is 29.9 Å². The highest BCUT2D eigenvalue weighted by atomic mass is 32.2. The number of nitrogens with zero attached hydrogens (tertiary/aromatic N) is 2. The molecular weight excluding hydrogens is 394 g/mol. The summed E-state index contributed by atoms with van der Waals surface area (Å²) in [5.41, 5.74) is 4.02. The van der Waals surface area contributed by atoms with Crippen LogP contribution in [0.25, 0.3) is 11.0 Å². The van der Waals surface area contributed by atoms with E-state index in [1.165, 1.54) is 11.8 Å². The highest BCUT2D eigenvalue weighted by Crippen LogP contribution is 2.26. The minimum Gasteiger partial charge on any atom is -0.497 e. The van der Waals surface area contributed by atoms with Crippen LogP contribution in [0.3, 0.4) is 0 Å². The molecule has 4 rings (SSSR count). The number of carbonyl (C=O) groups is 1. The van der Waals surface area contributed by atoms with Gasteiger partial charge < -0.3 is 14.6 Å². The standard InChI is InChI=1S/C24H23N3O2S/c1-27-21-11-7-6-10-20(21)25-24(27)30-16-22(28)26-23(17-8-4-3-5-9-17)18-12-14-19(29-2)15-13-18/h3-15,23H,16H2,1-2H3,(H,26,28). The Labute approximate surface area is 180 Å². The van der Waals surface area contributed by atoms with Crippen LogP contribution in [-0.4, -0.2) is 28.3 Å². The lowest BCUT2D eigenvalue weighted by atomic mass is 9.98. The van der Waals surface area contributed by atoms with Crippen molar-refractivity contribution >= 4 is 28.7 Å². The van der Waals surface area contributed by atoms with Crippen molar-refractivity contribution in [2.75, 3.05) is 12.9 Å². The van der Waals surface area contributed by atoms with Gasteiger partial charge in [-0.05, 0) is 35.4 Å². The molecule has 0 saturated heterocycles. The first-order chi connectivity index (χ1) is 14.7. The summed E-state index contributed by atoms with van der Waals surface area (Å²) in [4.78, 5) is 17.5. The van der Waals surface area contributed by atoms with Gasteiger partial charge in [0.15, 0.2) is 5.16 Å². The van der Waals surface area contributed by atoms with Crippen LogP contribution >= 0.6 is 11.8 Å². The molecule has 152 valence electrons. The summed E-state index contributed by atoms with van der Waals surface area (Å²) in [5.74, 6) is 1.03. The summed E-state index contributed by atoms with van der Waals surface area (Å²) in [6.07, 6.45) is 0. The molecule has 6 heteroatoms. The first kappa shape index (κ1) is 20.0. The van der Waals surface area contributed by atoms with Crippen molar-refractivity contribution in [3.8, 4) is 5.75 Å². The highest BCUT2D eigenvalue weighted by Gasteiger charge is 2.18. The fourth-order valence-electron chi connectivity index (χ4n) is 3.39. The van der Waals surface area contributed by atoms with Gasteiger partial charge in [0.2, 0.25) is 5.91 Å². The van der Waals surface area contributed by atoms with Crippen LogP contribution in [0.1, 0.15) is 17.2 Å². The number of ether oxygens (including phenoxy) is 1. The second-order valence-electron chi connectivity index (χ2n) is 6.92. The predicted molar refractivity (Wildman–Crippen MR) is 121 cm³/mol. The number of carbonyl (C=O) groups excluding carboxylic acids is 1. The Hall–Kier alpha value is -3.25. The second kappa shape index (κ2) is 9.05. The third-order valence-corrected chi connectivity index (χ3v) is 6.00. The van der Waals surface area contributed by atoms with Crippen LogP contribution in [-0.2, 0) is 11.8 Å². The van der Waals surface area contributed by atoms with E-state index in [2.05, 4.69) is 10.3 Å². The number of para-hydroxylation sites is 2. The number of aryl methyl sites for hydroxylation is 1. The lowest BCUT2D eigenvalue weighted by molar-refractivity contribution is -0.119. The third-order valence-electron chi connectivity index (χ3n) is 4.97. The summed E-state index contributed by atoms with van der Waals surface area (Å²) in [6.45, 7) is 0. The van der Waals surface area contributed by atoms with Gasteiger partial charge in [-0.25, -0.2) is 4.98 Å². The van der Waals surface area contributed by atoms with Gasteiger partial charge in [0, 0.05) is 7.05 Å². The van der Waals surface area contributed by atoms with E-state index >= 15 is 0 Å². The number of imidazole rings is 1. The van der Waals surface area contributed by atoms with Gasteiger partial charge in [-0.2, -0.15) is 0 Å². The zero-order valence-electron chi connectivity index (χ0n) is 16.9. The Morgan fingerprint density at radius 1 is 1.00 bits per heavy atom. The Bertz CT molecular complexity index is 1140. The van der Waals surface area contributed by atoms with E-state index in [0.717, 1.165) is 33.1 Å². The molecule has 0 spiro atoms. The van der Waals surface area contributed by atoms with E-state index in [1.54, 1.807) is 7.11 Å². The number of hydrogen-bond donors (Lipinski definition) is 1. The smallest absolute Gasteiger partial charge is 0.231 e. The normalized spacial score (nSPS) is 11.9. The second-order valence-corrected chi connectivity index (χ2v) is 7.86. The monoisotopic (exact) mass is 417 g/mol. The van der Waals surface area contributed by atoms with Crippen LogP contribution in [0.2, 0.25) is 0 Å². The van der Waals surface area contributed by atoms with E-state index in [4.69, 9.17) is 4.74 Å². The summed E-state index contributed by atoms with van der Waals surface area (Å²) in [6, 6.07) is 25.5. The summed E-state index contributed by atoms with van der Waals surface area (Å²) in [7, 11) is 3.61. The Balaban J connectivity index is 1.50. The maximum Gasteiger partial charge on any atom is 0.231 e. The highest BCUT2D eigenvalue weighted by molar-refractivity contribution is 7.99. The SMILES string of the molecule is COc1ccc(C(NC(=O)CSc2nc3ccccc3n2C)c2ccccc2)cc1. The molecule has 1 N–H and O–H groups in total. The molecule has 0 aliphatic carbocycles. The maximum atomic E-state index is 12.8. The number of amides is 1. The molecule has 3 aromatic carbocycles. The van der Waals surface area contributed by atoms with Crippen molar-refractivity contribution < 1.29 is 9.53 Å². The van der Waals surface area contributed by atoms with Gasteiger partial charge in [-0.3, -0.25) is 4.79 Å². The molecule has 0 aliphatic rings. The van der Waals surface area contributed by atoms with Crippen molar-refractivity contribution in [3.05, 3.63) is 90.0 Å². The lowest BCUT2D eigenvalue weighted by Crippen LogP contribution is -2.30. The molecule has 0 fully saturated rings. The maximum absolute atomic E-state index is 12.8. The Kier molecular flexibility index (Phi) is 6.05. The van der Waals surface area contributed by atoms with Crippen LogP contribution < -0.4 is 10.1 Å². The molecule has 1 amide bonds. The minimum absolute atomic E-state index is 0.0447. The van der Waals surface area contributed by atoms with Gasteiger partial charge in [-0.15, -0.1) is 0 Å². The number of thioether (sulfide) groups is 1. The average molecular weight is 418 g/mol. The number of hydrogen-bond acceptors (Lipinski definition) is 4. The summed E-state index contributed by atoms with van der Waals surface area (Å²) in [5, 5.41) is 4.00. The van der Waals surface area contributed by atoms with Crippen LogP contribution in [0.5, 0.6) is 5.75 Å². The van der Waals surface area contributed by atoms with Gasteiger partial charge in [0.1, 0.15) is 5.75 Å². The molecule has 1 heterocycles. The number of nitrogens with one attached hydrogen (secondary N) is 1. The van der Waals surface area contributed by atoms with E-state index in [1.807, 2.05) is 90.5 Å². The van der Waals surface area contributed by atoms with Gasteiger partial charge in [-0.1, -0.05) is 66.4 Å². The number of aromatic nitrogens is 2. The first-order valence-electron chi connectivity index (χ1n) is 9.68. The zero-order valence-corrected chi connectivity index (χ0v) is 17.7. The van der Waals surface area contributed by atoms with Crippen molar-refractivity contribution in [1.29, 1.82) is 0 Å². The molecule has 1 atom stereocenters. The zero-order chi connectivity index (χ0) is 20.9. The van der Waals surface area contributed by atoms with Crippen molar-refractivity contribution in [2.24, 2.45) is 7.05 Å². The summed E-state index contributed by atoms with van der Waals surface area (Å²) >= 11 is 1.44. The molecule has 0 saturated carbocycles. The van der Waals surface area contributed by atoms with Crippen LogP contribution in [0.4, 0.5) is 0 Å². The molecular formula is C24H23N3O2S. The number of methoxy groups -OCH3 is 1. The molecule has 0 radical (unpaired) electrons. The van der Waals surface area contributed by atoms with Crippen LogP contribution in [0, 0.1) is 0 Å². The quantitative estimate of drug-likeness (QED) is 0.447. The third kappa shape index (κ3) is 4.33. The average Bonchev–Trinajstić information content (AvgIpc) is 3.12. The molecule has 1 aromatic heterocycles. The van der Waals surface area contributed by atoms with Crippen LogP contribution in [0.15, 0.2) is 84.0 Å². The lowest BCUT2D eigenvalue weighted by Gasteiger charge is -2.20. The van der Waals surface area contributed by atoms with Crippen molar-refractivity contribution in [2.45, 2.75) is 11.2 Å².